The van der Waals surface area contributed by atoms with Gasteiger partial charge in [0, 0.05) is 37.2 Å². The number of halogens is 3. The summed E-state index contributed by atoms with van der Waals surface area (Å²) in [5, 5.41) is 5.45. The van der Waals surface area contributed by atoms with Gasteiger partial charge in [0.1, 0.15) is 23.9 Å². The Kier molecular flexibility index (Phi) is 7.48. The van der Waals surface area contributed by atoms with Crippen molar-refractivity contribution in [3.05, 3.63) is 108 Å². The maximum absolute atomic E-state index is 12.9. The van der Waals surface area contributed by atoms with Crippen LogP contribution in [0.2, 0.25) is 0 Å². The van der Waals surface area contributed by atoms with Gasteiger partial charge in [-0.1, -0.05) is 18.2 Å². The molecule has 2 N–H and O–H groups in total. The number of carbonyl (C=O) groups is 1. The van der Waals surface area contributed by atoms with Crippen molar-refractivity contribution in [3.63, 3.8) is 0 Å². The minimum atomic E-state index is -4.41. The van der Waals surface area contributed by atoms with Crippen LogP contribution in [-0.4, -0.2) is 24.5 Å². The van der Waals surface area contributed by atoms with E-state index in [1.807, 2.05) is 30.3 Å². The molecule has 36 heavy (non-hydrogen) atoms. The maximum atomic E-state index is 12.9. The molecular formula is C27H24F3N3O3. The highest BCUT2D eigenvalue weighted by molar-refractivity contribution is 5.99. The van der Waals surface area contributed by atoms with Crippen LogP contribution in [-0.2, 0) is 12.8 Å². The van der Waals surface area contributed by atoms with Gasteiger partial charge in [-0.3, -0.25) is 0 Å². The Morgan fingerprint density at radius 2 is 1.69 bits per heavy atom. The SMILES string of the molecule is CN1C=CC(Oc2ccc(NC(=O)Nc3cccc(OCc4cccc(C(F)(F)F)c4)c3)cc2)=CC1. The van der Waals surface area contributed by atoms with Gasteiger partial charge >= 0.3 is 12.2 Å². The highest BCUT2D eigenvalue weighted by atomic mass is 19.4. The molecule has 0 aromatic heterocycles. The standard InChI is InChI=1S/C27H24F3N3O3/c1-33-14-12-24(13-15-33)36-23-10-8-21(9-11-23)31-26(34)32-22-6-3-7-25(17-22)35-18-19-4-2-5-20(16-19)27(28,29)30/h2-14,16-17H,15,18H2,1H3,(H2,31,32,34). The fourth-order valence-corrected chi connectivity index (χ4v) is 3.34. The van der Waals surface area contributed by atoms with Crippen molar-refractivity contribution < 1.29 is 27.4 Å². The summed E-state index contributed by atoms with van der Waals surface area (Å²) in [5.41, 5.74) is 0.696. The van der Waals surface area contributed by atoms with E-state index in [0.29, 0.717) is 28.4 Å². The van der Waals surface area contributed by atoms with Gasteiger partial charge in [0.2, 0.25) is 0 Å². The molecule has 3 aromatic carbocycles. The second kappa shape index (κ2) is 10.9. The van der Waals surface area contributed by atoms with Crippen molar-refractivity contribution in [1.82, 2.24) is 4.90 Å². The smallest absolute Gasteiger partial charge is 0.416 e. The molecule has 0 fully saturated rings. The number of nitrogens with one attached hydrogen (secondary N) is 2. The Morgan fingerprint density at radius 3 is 2.42 bits per heavy atom. The van der Waals surface area contributed by atoms with Gasteiger partial charge in [-0.2, -0.15) is 13.2 Å². The zero-order chi connectivity index (χ0) is 25.5. The van der Waals surface area contributed by atoms with Crippen LogP contribution >= 0.6 is 0 Å². The van der Waals surface area contributed by atoms with E-state index in [2.05, 4.69) is 10.6 Å². The normalized spacial score (nSPS) is 13.1. The fourth-order valence-electron chi connectivity index (χ4n) is 3.34. The van der Waals surface area contributed by atoms with E-state index < -0.39 is 17.8 Å². The summed E-state index contributed by atoms with van der Waals surface area (Å²) < 4.78 is 50.1. The zero-order valence-electron chi connectivity index (χ0n) is 19.4. The van der Waals surface area contributed by atoms with Crippen molar-refractivity contribution in [3.8, 4) is 11.5 Å². The van der Waals surface area contributed by atoms with Crippen LogP contribution in [0.15, 0.2) is 96.9 Å². The number of alkyl halides is 3. The molecule has 1 heterocycles. The first kappa shape index (κ1) is 24.7. The van der Waals surface area contributed by atoms with Crippen molar-refractivity contribution in [2.24, 2.45) is 0 Å². The zero-order valence-corrected chi connectivity index (χ0v) is 19.4. The minimum Gasteiger partial charge on any atom is -0.489 e. The lowest BCUT2D eigenvalue weighted by atomic mass is 10.1. The van der Waals surface area contributed by atoms with E-state index in [9.17, 15) is 18.0 Å². The van der Waals surface area contributed by atoms with E-state index in [1.54, 1.807) is 54.6 Å². The third kappa shape index (κ3) is 7.05. The van der Waals surface area contributed by atoms with E-state index in [4.69, 9.17) is 9.47 Å². The number of nitrogens with zero attached hydrogens (tertiary/aromatic N) is 1. The summed E-state index contributed by atoms with van der Waals surface area (Å²) in [4.78, 5) is 14.4. The highest BCUT2D eigenvalue weighted by Crippen LogP contribution is 2.30. The van der Waals surface area contributed by atoms with Gasteiger partial charge in [-0.15, -0.1) is 0 Å². The number of benzene rings is 3. The molecule has 1 aliphatic rings. The molecule has 4 rings (SSSR count). The molecule has 3 aromatic rings. The molecule has 0 atom stereocenters. The number of allylic oxidation sites excluding steroid dienone is 1. The monoisotopic (exact) mass is 495 g/mol. The lowest BCUT2D eigenvalue weighted by Gasteiger charge is -2.17. The molecule has 0 spiro atoms. The number of rotatable bonds is 7. The fraction of sp³-hybridized carbons (Fsp3) is 0.148. The number of ether oxygens (including phenoxy) is 2. The molecule has 186 valence electrons. The summed E-state index contributed by atoms with van der Waals surface area (Å²) in [6, 6.07) is 18.1. The minimum absolute atomic E-state index is 0.0443. The first-order valence-corrected chi connectivity index (χ1v) is 11.1. The number of anilines is 2. The maximum Gasteiger partial charge on any atom is 0.416 e. The predicted molar refractivity (Wildman–Crippen MR) is 132 cm³/mol. The van der Waals surface area contributed by atoms with E-state index in [1.165, 1.54) is 6.07 Å². The first-order chi connectivity index (χ1) is 17.2. The lowest BCUT2D eigenvalue weighted by Crippen LogP contribution is -2.19. The summed E-state index contributed by atoms with van der Waals surface area (Å²) >= 11 is 0. The van der Waals surface area contributed by atoms with Gasteiger partial charge < -0.3 is 25.0 Å². The third-order valence-corrected chi connectivity index (χ3v) is 5.17. The molecule has 1 aliphatic heterocycles. The summed E-state index contributed by atoms with van der Waals surface area (Å²) in [5.74, 6) is 1.80. The quantitative estimate of drug-likeness (QED) is 0.385. The molecule has 0 unspecified atom stereocenters. The van der Waals surface area contributed by atoms with Crippen LogP contribution in [0.5, 0.6) is 11.5 Å². The van der Waals surface area contributed by atoms with E-state index >= 15 is 0 Å². The van der Waals surface area contributed by atoms with Crippen LogP contribution in [0.4, 0.5) is 29.3 Å². The van der Waals surface area contributed by atoms with E-state index in [0.717, 1.165) is 24.4 Å². The number of carbonyl (C=O) groups excluding carboxylic acids is 1. The van der Waals surface area contributed by atoms with Crippen molar-refractivity contribution in [1.29, 1.82) is 0 Å². The van der Waals surface area contributed by atoms with Gasteiger partial charge in [-0.25, -0.2) is 4.79 Å². The molecular weight excluding hydrogens is 471 g/mol. The molecule has 0 aliphatic carbocycles. The van der Waals surface area contributed by atoms with Gasteiger partial charge in [0.05, 0.1) is 5.56 Å². The summed E-state index contributed by atoms with van der Waals surface area (Å²) in [7, 11) is 1.97. The number of urea groups is 1. The second-order valence-corrected chi connectivity index (χ2v) is 8.08. The Bertz CT molecular complexity index is 1270. The topological polar surface area (TPSA) is 62.8 Å². The van der Waals surface area contributed by atoms with Crippen molar-refractivity contribution in [2.45, 2.75) is 12.8 Å². The first-order valence-electron chi connectivity index (χ1n) is 11.1. The van der Waals surface area contributed by atoms with Gasteiger partial charge in [0.15, 0.2) is 0 Å². The Hall–Kier alpha value is -4.40. The van der Waals surface area contributed by atoms with Crippen molar-refractivity contribution in [2.75, 3.05) is 24.2 Å². The van der Waals surface area contributed by atoms with Crippen LogP contribution in [0.3, 0.4) is 0 Å². The largest absolute Gasteiger partial charge is 0.489 e. The molecule has 0 saturated heterocycles. The average Bonchev–Trinajstić information content (AvgIpc) is 2.85. The molecule has 6 nitrogen and oxygen atoms in total. The van der Waals surface area contributed by atoms with Crippen LogP contribution in [0.25, 0.3) is 0 Å². The number of likely N-dealkylation sites (N-methyl/N-ethyl adjacent to an activating group) is 1. The summed E-state index contributed by atoms with van der Waals surface area (Å²) in [6.45, 7) is 0.723. The molecule has 0 saturated carbocycles. The van der Waals surface area contributed by atoms with E-state index in [-0.39, 0.29) is 6.61 Å². The van der Waals surface area contributed by atoms with Gasteiger partial charge in [-0.05, 0) is 66.2 Å². The molecule has 9 heteroatoms. The molecule has 2 amide bonds. The third-order valence-electron chi connectivity index (χ3n) is 5.17. The number of hydrogen-bond donors (Lipinski definition) is 2. The Balaban J connectivity index is 1.29. The Labute approximate surface area is 206 Å². The molecule has 0 radical (unpaired) electrons. The average molecular weight is 496 g/mol. The van der Waals surface area contributed by atoms with Crippen molar-refractivity contribution >= 4 is 17.4 Å². The highest BCUT2D eigenvalue weighted by Gasteiger charge is 2.30. The van der Waals surface area contributed by atoms with Crippen LogP contribution < -0.4 is 20.1 Å². The molecule has 0 bridgehead atoms. The van der Waals surface area contributed by atoms with Crippen LogP contribution in [0.1, 0.15) is 11.1 Å². The predicted octanol–water partition coefficient (Wildman–Crippen LogP) is 6.65. The Morgan fingerprint density at radius 1 is 0.944 bits per heavy atom. The number of hydrogen-bond acceptors (Lipinski definition) is 4. The van der Waals surface area contributed by atoms with Crippen LogP contribution in [0, 0.1) is 0 Å². The lowest BCUT2D eigenvalue weighted by molar-refractivity contribution is -0.137. The number of amides is 2. The summed E-state index contributed by atoms with van der Waals surface area (Å²) in [6.07, 6.45) is 1.36. The van der Waals surface area contributed by atoms with Gasteiger partial charge in [0.25, 0.3) is 0 Å². The second-order valence-electron chi connectivity index (χ2n) is 8.08.